The second kappa shape index (κ2) is 6.75. The standard InChI is InChI=1S/C16H24N2O2/c1-4-17-13(12(2)3)11-18-14-7-5-6-8-15(14)20-10-9-16(18)19/h5-8,12-13,17H,4,9-11H2,1-3H3. The van der Waals surface area contributed by atoms with E-state index < -0.39 is 0 Å². The second-order valence-electron chi connectivity index (χ2n) is 5.48. The summed E-state index contributed by atoms with van der Waals surface area (Å²) in [5, 5.41) is 3.47. The lowest BCUT2D eigenvalue weighted by atomic mass is 10.0. The van der Waals surface area contributed by atoms with Gasteiger partial charge in [-0.1, -0.05) is 32.9 Å². The van der Waals surface area contributed by atoms with Gasteiger partial charge in [0.2, 0.25) is 5.91 Å². The van der Waals surface area contributed by atoms with Gasteiger partial charge in [0, 0.05) is 12.6 Å². The molecule has 1 heterocycles. The van der Waals surface area contributed by atoms with Gasteiger partial charge in [-0.25, -0.2) is 0 Å². The van der Waals surface area contributed by atoms with Gasteiger partial charge >= 0.3 is 0 Å². The van der Waals surface area contributed by atoms with E-state index in [4.69, 9.17) is 4.74 Å². The summed E-state index contributed by atoms with van der Waals surface area (Å²) in [6.07, 6.45) is 0.436. The van der Waals surface area contributed by atoms with Crippen molar-refractivity contribution in [3.63, 3.8) is 0 Å². The van der Waals surface area contributed by atoms with Gasteiger partial charge in [-0.15, -0.1) is 0 Å². The van der Waals surface area contributed by atoms with Crippen LogP contribution in [0, 0.1) is 5.92 Å². The van der Waals surface area contributed by atoms with Gasteiger partial charge in [0.05, 0.1) is 18.7 Å². The van der Waals surface area contributed by atoms with E-state index in [1.165, 1.54) is 0 Å². The molecular weight excluding hydrogens is 252 g/mol. The molecule has 20 heavy (non-hydrogen) atoms. The van der Waals surface area contributed by atoms with Crippen LogP contribution in [0.1, 0.15) is 27.2 Å². The number of nitrogens with one attached hydrogen (secondary N) is 1. The normalized spacial score (nSPS) is 16.6. The van der Waals surface area contributed by atoms with E-state index in [9.17, 15) is 4.79 Å². The van der Waals surface area contributed by atoms with E-state index in [0.29, 0.717) is 25.5 Å². The number of nitrogens with zero attached hydrogens (tertiary/aromatic N) is 1. The Morgan fingerprint density at radius 3 is 2.80 bits per heavy atom. The SMILES string of the molecule is CCNC(CN1C(=O)CCOc2ccccc21)C(C)C. The van der Waals surface area contributed by atoms with E-state index >= 15 is 0 Å². The highest BCUT2D eigenvalue weighted by molar-refractivity contribution is 5.95. The molecule has 4 nitrogen and oxygen atoms in total. The highest BCUT2D eigenvalue weighted by Gasteiger charge is 2.26. The molecular formula is C16H24N2O2. The van der Waals surface area contributed by atoms with Crippen LogP contribution in [0.2, 0.25) is 0 Å². The minimum Gasteiger partial charge on any atom is -0.491 e. The summed E-state index contributed by atoms with van der Waals surface area (Å²) in [4.78, 5) is 14.2. The van der Waals surface area contributed by atoms with Crippen molar-refractivity contribution in [3.05, 3.63) is 24.3 Å². The number of hydrogen-bond acceptors (Lipinski definition) is 3. The van der Waals surface area contributed by atoms with Crippen LogP contribution >= 0.6 is 0 Å². The Bertz CT molecular complexity index is 460. The summed E-state index contributed by atoms with van der Waals surface area (Å²) in [6, 6.07) is 8.07. The molecule has 0 aliphatic carbocycles. The van der Waals surface area contributed by atoms with Gasteiger partial charge in [-0.05, 0) is 24.6 Å². The summed E-state index contributed by atoms with van der Waals surface area (Å²) < 4.78 is 5.67. The molecule has 4 heteroatoms. The Hall–Kier alpha value is -1.55. The molecule has 0 bridgehead atoms. The molecule has 1 N–H and O–H groups in total. The Kier molecular flexibility index (Phi) is 5.01. The minimum absolute atomic E-state index is 0.138. The molecule has 1 aromatic rings. The van der Waals surface area contributed by atoms with Crippen LogP contribution in [0.4, 0.5) is 5.69 Å². The molecule has 2 rings (SSSR count). The zero-order valence-corrected chi connectivity index (χ0v) is 12.6. The second-order valence-corrected chi connectivity index (χ2v) is 5.48. The first-order valence-electron chi connectivity index (χ1n) is 7.39. The molecule has 0 fully saturated rings. The summed E-state index contributed by atoms with van der Waals surface area (Å²) in [5.74, 6) is 1.41. The molecule has 0 radical (unpaired) electrons. The number of hydrogen-bond donors (Lipinski definition) is 1. The first kappa shape index (κ1) is 14.9. The van der Waals surface area contributed by atoms with Crippen LogP contribution in [0.15, 0.2) is 24.3 Å². The first-order chi connectivity index (χ1) is 9.63. The van der Waals surface area contributed by atoms with Crippen molar-refractivity contribution in [1.29, 1.82) is 0 Å². The van der Waals surface area contributed by atoms with E-state index in [1.54, 1.807) is 0 Å². The number of carbonyl (C=O) groups excluding carboxylic acids is 1. The maximum absolute atomic E-state index is 12.4. The number of carbonyl (C=O) groups is 1. The molecule has 0 spiro atoms. The van der Waals surface area contributed by atoms with Crippen molar-refractivity contribution in [2.75, 3.05) is 24.6 Å². The summed E-state index contributed by atoms with van der Waals surface area (Å²) in [7, 11) is 0. The topological polar surface area (TPSA) is 41.6 Å². The maximum atomic E-state index is 12.4. The Morgan fingerprint density at radius 1 is 1.35 bits per heavy atom. The smallest absolute Gasteiger partial charge is 0.230 e. The number of rotatable bonds is 5. The lowest BCUT2D eigenvalue weighted by molar-refractivity contribution is -0.118. The molecule has 1 unspecified atom stereocenters. The fourth-order valence-electron chi connectivity index (χ4n) is 2.49. The lowest BCUT2D eigenvalue weighted by Gasteiger charge is -2.30. The molecule has 0 aromatic heterocycles. The Labute approximate surface area is 121 Å². The minimum atomic E-state index is 0.138. The summed E-state index contributed by atoms with van der Waals surface area (Å²) >= 11 is 0. The van der Waals surface area contributed by atoms with Crippen molar-refractivity contribution in [3.8, 4) is 5.75 Å². The largest absolute Gasteiger partial charge is 0.491 e. The quantitative estimate of drug-likeness (QED) is 0.898. The van der Waals surface area contributed by atoms with E-state index in [1.807, 2.05) is 29.2 Å². The zero-order chi connectivity index (χ0) is 14.5. The number of anilines is 1. The third kappa shape index (κ3) is 3.31. The molecule has 1 amide bonds. The van der Waals surface area contributed by atoms with E-state index in [2.05, 4.69) is 26.1 Å². The maximum Gasteiger partial charge on any atom is 0.230 e. The van der Waals surface area contributed by atoms with Gasteiger partial charge in [0.25, 0.3) is 0 Å². The number of benzene rings is 1. The highest BCUT2D eigenvalue weighted by atomic mass is 16.5. The number of likely N-dealkylation sites (N-methyl/N-ethyl adjacent to an activating group) is 1. The van der Waals surface area contributed by atoms with Crippen molar-refractivity contribution in [2.45, 2.75) is 33.2 Å². The van der Waals surface area contributed by atoms with Crippen molar-refractivity contribution in [2.24, 2.45) is 5.92 Å². The van der Waals surface area contributed by atoms with Gasteiger partial charge in [0.1, 0.15) is 5.75 Å². The van der Waals surface area contributed by atoms with Crippen molar-refractivity contribution in [1.82, 2.24) is 5.32 Å². The van der Waals surface area contributed by atoms with Gasteiger partial charge in [-0.2, -0.15) is 0 Å². The molecule has 0 saturated carbocycles. The van der Waals surface area contributed by atoms with Crippen LogP contribution in [0.25, 0.3) is 0 Å². The van der Waals surface area contributed by atoms with Crippen LogP contribution in [0.5, 0.6) is 5.75 Å². The van der Waals surface area contributed by atoms with Crippen molar-refractivity contribution >= 4 is 11.6 Å². The van der Waals surface area contributed by atoms with E-state index in [-0.39, 0.29) is 11.9 Å². The monoisotopic (exact) mass is 276 g/mol. The van der Waals surface area contributed by atoms with Gasteiger partial charge in [-0.3, -0.25) is 4.79 Å². The van der Waals surface area contributed by atoms with Crippen LogP contribution in [0.3, 0.4) is 0 Å². The molecule has 1 aliphatic rings. The molecule has 0 saturated heterocycles. The molecule has 1 atom stereocenters. The Balaban J connectivity index is 2.25. The highest BCUT2D eigenvalue weighted by Crippen LogP contribution is 2.31. The van der Waals surface area contributed by atoms with Crippen LogP contribution in [-0.4, -0.2) is 31.6 Å². The average Bonchev–Trinajstić information content (AvgIpc) is 2.58. The fourth-order valence-corrected chi connectivity index (χ4v) is 2.49. The molecule has 1 aliphatic heterocycles. The third-order valence-electron chi connectivity index (χ3n) is 3.68. The van der Waals surface area contributed by atoms with Crippen LogP contribution < -0.4 is 15.0 Å². The number of para-hydroxylation sites is 2. The van der Waals surface area contributed by atoms with Gasteiger partial charge in [0.15, 0.2) is 0 Å². The summed E-state index contributed by atoms with van der Waals surface area (Å²) in [6.45, 7) is 8.50. The fraction of sp³-hybridized carbons (Fsp3) is 0.562. The van der Waals surface area contributed by atoms with Gasteiger partial charge < -0.3 is 15.0 Å². The predicted octanol–water partition coefficient (Wildman–Crippen LogP) is 2.44. The van der Waals surface area contributed by atoms with Crippen LogP contribution in [-0.2, 0) is 4.79 Å². The predicted molar refractivity (Wildman–Crippen MR) is 81.2 cm³/mol. The Morgan fingerprint density at radius 2 is 2.10 bits per heavy atom. The first-order valence-corrected chi connectivity index (χ1v) is 7.39. The average molecular weight is 276 g/mol. The molecule has 110 valence electrons. The van der Waals surface area contributed by atoms with E-state index in [0.717, 1.165) is 18.0 Å². The number of amides is 1. The lowest BCUT2D eigenvalue weighted by Crippen LogP contribution is -2.46. The third-order valence-corrected chi connectivity index (χ3v) is 3.68. The summed E-state index contributed by atoms with van der Waals surface area (Å²) in [5.41, 5.74) is 0.888. The number of ether oxygens (including phenoxy) is 1. The molecule has 1 aromatic carbocycles. The number of fused-ring (bicyclic) bond motifs is 1. The zero-order valence-electron chi connectivity index (χ0n) is 12.6. The van der Waals surface area contributed by atoms with Crippen molar-refractivity contribution < 1.29 is 9.53 Å².